The summed E-state index contributed by atoms with van der Waals surface area (Å²) in [6.45, 7) is 14.3. The van der Waals surface area contributed by atoms with Gasteiger partial charge in [0.05, 0.1) is 8.07 Å². The fourth-order valence-corrected chi connectivity index (χ4v) is 12.0. The van der Waals surface area contributed by atoms with Crippen LogP contribution in [0.3, 0.4) is 0 Å². The van der Waals surface area contributed by atoms with Gasteiger partial charge in [0.2, 0.25) is 0 Å². The monoisotopic (exact) mass is 279 g/mol. The minimum atomic E-state index is -1.25. The molecule has 1 nitrogen and oxygen atoms in total. The van der Waals surface area contributed by atoms with Crippen LogP contribution in [0.5, 0.6) is 0 Å². The van der Waals surface area contributed by atoms with Crippen LogP contribution in [0.25, 0.3) is 0 Å². The van der Waals surface area contributed by atoms with Gasteiger partial charge in [-0.05, 0) is 44.3 Å². The van der Waals surface area contributed by atoms with Gasteiger partial charge in [-0.1, -0.05) is 51.8 Å². The molecular formula is C17H33NSi. The molecule has 0 N–H and O–H groups in total. The zero-order valence-electron chi connectivity index (χ0n) is 13.4. The smallest absolute Gasteiger partial charge is 0.0806 e. The quantitative estimate of drug-likeness (QED) is 0.496. The molecule has 0 aromatic heterocycles. The van der Waals surface area contributed by atoms with Crippen LogP contribution in [0.2, 0.25) is 18.1 Å². The maximum absolute atomic E-state index is 4.12. The summed E-state index contributed by atoms with van der Waals surface area (Å²) in [5, 5.41) is 0.598. The maximum Gasteiger partial charge on any atom is 0.0806 e. The van der Waals surface area contributed by atoms with Gasteiger partial charge in [0, 0.05) is 5.16 Å². The van der Waals surface area contributed by atoms with Crippen molar-refractivity contribution in [2.45, 2.75) is 76.2 Å². The molecule has 0 saturated carbocycles. The summed E-state index contributed by atoms with van der Waals surface area (Å²) in [4.78, 5) is 2.92. The van der Waals surface area contributed by atoms with Crippen molar-refractivity contribution in [3.8, 4) is 0 Å². The molecule has 0 aromatic rings. The van der Waals surface area contributed by atoms with Gasteiger partial charge in [-0.3, -0.25) is 4.90 Å². The van der Waals surface area contributed by atoms with Gasteiger partial charge in [0.1, 0.15) is 0 Å². The Morgan fingerprint density at radius 2 is 2.00 bits per heavy atom. The van der Waals surface area contributed by atoms with Gasteiger partial charge in [-0.15, -0.1) is 6.58 Å². The number of rotatable bonds is 6. The van der Waals surface area contributed by atoms with Gasteiger partial charge >= 0.3 is 0 Å². The molecule has 3 atom stereocenters. The second-order valence-electron chi connectivity index (χ2n) is 6.74. The van der Waals surface area contributed by atoms with Crippen LogP contribution in [0.15, 0.2) is 12.7 Å². The molecule has 2 saturated heterocycles. The maximum atomic E-state index is 4.12. The molecule has 3 unspecified atom stereocenters. The average molecular weight is 280 g/mol. The minimum Gasteiger partial charge on any atom is -0.300 e. The highest BCUT2D eigenvalue weighted by atomic mass is 28.3. The molecule has 0 aliphatic carbocycles. The van der Waals surface area contributed by atoms with E-state index in [4.69, 9.17) is 0 Å². The summed E-state index contributed by atoms with van der Waals surface area (Å²) in [6, 6.07) is 4.36. The van der Waals surface area contributed by atoms with Crippen LogP contribution < -0.4 is 0 Å². The Morgan fingerprint density at radius 1 is 1.26 bits per heavy atom. The van der Waals surface area contributed by atoms with E-state index in [1.807, 2.05) is 0 Å². The van der Waals surface area contributed by atoms with Crippen LogP contribution in [0.1, 0.15) is 52.9 Å². The molecule has 0 amide bonds. The largest absolute Gasteiger partial charge is 0.300 e. The lowest BCUT2D eigenvalue weighted by molar-refractivity contribution is 0.0210. The molecule has 0 bridgehead atoms. The van der Waals surface area contributed by atoms with E-state index in [2.05, 4.69) is 38.3 Å². The Morgan fingerprint density at radius 3 is 2.42 bits per heavy atom. The highest BCUT2D eigenvalue weighted by molar-refractivity contribution is 6.83. The molecular weight excluding hydrogens is 246 g/mol. The lowest BCUT2D eigenvalue weighted by atomic mass is 9.86. The first-order chi connectivity index (χ1) is 9.20. The zero-order valence-corrected chi connectivity index (χ0v) is 14.4. The van der Waals surface area contributed by atoms with E-state index in [1.165, 1.54) is 57.3 Å². The topological polar surface area (TPSA) is 3.24 Å². The van der Waals surface area contributed by atoms with Gasteiger partial charge in [-0.25, -0.2) is 0 Å². The second-order valence-corrected chi connectivity index (χ2v) is 11.8. The molecule has 0 radical (unpaired) electrons. The van der Waals surface area contributed by atoms with Crippen molar-refractivity contribution in [1.82, 2.24) is 4.90 Å². The molecule has 0 aromatic carbocycles. The van der Waals surface area contributed by atoms with Gasteiger partial charge in [0.15, 0.2) is 0 Å². The third kappa shape index (κ3) is 2.15. The molecule has 110 valence electrons. The van der Waals surface area contributed by atoms with Crippen molar-refractivity contribution in [2.24, 2.45) is 5.92 Å². The van der Waals surface area contributed by atoms with E-state index < -0.39 is 8.07 Å². The number of allylic oxidation sites excluding steroid dienone is 1. The fraction of sp³-hybridized carbons (Fsp3) is 0.882. The number of hydrogen-bond donors (Lipinski definition) is 0. The normalized spacial score (nSPS) is 39.8. The highest BCUT2D eigenvalue weighted by Crippen LogP contribution is 2.52. The Balaban J connectivity index is 2.44. The minimum absolute atomic E-state index is 0.598. The van der Waals surface area contributed by atoms with E-state index in [1.54, 1.807) is 6.04 Å². The second kappa shape index (κ2) is 6.13. The van der Waals surface area contributed by atoms with Crippen LogP contribution in [-0.4, -0.2) is 31.2 Å². The molecule has 2 heteroatoms. The standard InChI is InChI=1S/C17H33NSi/c1-5-14-19(8-4)15-9-11-16(6-2)17(19,7-3)18-12-10-13-18/h5,16H,1,6-15H2,2-4H3. The van der Waals surface area contributed by atoms with E-state index in [9.17, 15) is 0 Å². The zero-order chi connectivity index (χ0) is 13.9. The molecule has 2 aliphatic rings. The van der Waals surface area contributed by atoms with Gasteiger partial charge < -0.3 is 0 Å². The van der Waals surface area contributed by atoms with Crippen molar-refractivity contribution >= 4 is 8.07 Å². The van der Waals surface area contributed by atoms with Crippen LogP contribution >= 0.6 is 0 Å². The molecule has 2 rings (SSSR count). The lowest BCUT2D eigenvalue weighted by Gasteiger charge is -2.64. The predicted octanol–water partition coefficient (Wildman–Crippen LogP) is 4.85. The SMILES string of the molecule is C=CC[Si]1(CC)CCCC(CC)C1(CC)N1CCC1. The Labute approximate surface area is 121 Å². The lowest BCUT2D eigenvalue weighted by Crippen LogP contribution is -2.74. The third-order valence-corrected chi connectivity index (χ3v) is 13.1. The summed E-state index contributed by atoms with van der Waals surface area (Å²) < 4.78 is 0. The first-order valence-electron chi connectivity index (χ1n) is 8.56. The summed E-state index contributed by atoms with van der Waals surface area (Å²) in [7, 11) is -1.25. The van der Waals surface area contributed by atoms with E-state index in [0.717, 1.165) is 5.92 Å². The Bertz CT molecular complexity index is 312. The van der Waals surface area contributed by atoms with Crippen molar-refractivity contribution in [2.75, 3.05) is 13.1 Å². The van der Waals surface area contributed by atoms with Crippen molar-refractivity contribution in [3.05, 3.63) is 12.7 Å². The Kier molecular flexibility index (Phi) is 4.94. The third-order valence-electron chi connectivity index (χ3n) is 6.47. The van der Waals surface area contributed by atoms with Crippen molar-refractivity contribution in [3.63, 3.8) is 0 Å². The predicted molar refractivity (Wildman–Crippen MR) is 88.3 cm³/mol. The highest BCUT2D eigenvalue weighted by Gasteiger charge is 2.59. The van der Waals surface area contributed by atoms with Crippen molar-refractivity contribution in [1.29, 1.82) is 0 Å². The molecule has 2 heterocycles. The average Bonchev–Trinajstić information content (AvgIpc) is 2.38. The van der Waals surface area contributed by atoms with Crippen molar-refractivity contribution < 1.29 is 0 Å². The molecule has 19 heavy (non-hydrogen) atoms. The van der Waals surface area contributed by atoms with E-state index >= 15 is 0 Å². The molecule has 2 aliphatic heterocycles. The summed E-state index contributed by atoms with van der Waals surface area (Å²) in [5.41, 5.74) is 0. The summed E-state index contributed by atoms with van der Waals surface area (Å²) in [5.74, 6) is 0.957. The Hall–Kier alpha value is -0.0831. The number of hydrogen-bond acceptors (Lipinski definition) is 1. The van der Waals surface area contributed by atoms with E-state index in [0.29, 0.717) is 5.16 Å². The first-order valence-corrected chi connectivity index (χ1v) is 11.2. The van der Waals surface area contributed by atoms with Crippen LogP contribution in [0, 0.1) is 5.92 Å². The van der Waals surface area contributed by atoms with Gasteiger partial charge in [0.25, 0.3) is 0 Å². The van der Waals surface area contributed by atoms with Crippen LogP contribution in [0.4, 0.5) is 0 Å². The number of likely N-dealkylation sites (tertiary alicyclic amines) is 1. The van der Waals surface area contributed by atoms with Gasteiger partial charge in [-0.2, -0.15) is 0 Å². The molecule has 0 spiro atoms. The summed E-state index contributed by atoms with van der Waals surface area (Å²) in [6.07, 6.45) is 9.43. The fourth-order valence-electron chi connectivity index (χ4n) is 5.50. The molecule has 2 fully saturated rings. The van der Waals surface area contributed by atoms with Crippen LogP contribution in [-0.2, 0) is 0 Å². The van der Waals surface area contributed by atoms with E-state index in [-0.39, 0.29) is 0 Å². The summed E-state index contributed by atoms with van der Waals surface area (Å²) >= 11 is 0. The first kappa shape index (κ1) is 15.3. The number of nitrogens with zero attached hydrogens (tertiary/aromatic N) is 1.